The van der Waals surface area contributed by atoms with Gasteiger partial charge in [-0.2, -0.15) is 0 Å². The van der Waals surface area contributed by atoms with Crippen LogP contribution >= 0.6 is 11.3 Å². The first-order valence-corrected chi connectivity index (χ1v) is 7.24. The first kappa shape index (κ1) is 12.3. The van der Waals surface area contributed by atoms with Crippen molar-refractivity contribution in [2.75, 3.05) is 6.54 Å². The Balaban J connectivity index is 1.79. The van der Waals surface area contributed by atoms with Crippen LogP contribution in [0.1, 0.15) is 29.8 Å². The number of amides is 1. The van der Waals surface area contributed by atoms with E-state index in [0.717, 1.165) is 19.4 Å². The van der Waals surface area contributed by atoms with Crippen molar-refractivity contribution >= 4 is 17.2 Å². The Kier molecular flexibility index (Phi) is 3.29. The van der Waals surface area contributed by atoms with Gasteiger partial charge in [-0.1, -0.05) is 6.92 Å². The molecule has 100 valence electrons. The molecular formula is C12H15N5OS. The maximum absolute atomic E-state index is 12.4. The van der Waals surface area contributed by atoms with Gasteiger partial charge >= 0.3 is 0 Å². The molecule has 0 aliphatic carbocycles. The molecule has 1 unspecified atom stereocenters. The maximum Gasteiger partial charge on any atom is 0.244 e. The summed E-state index contributed by atoms with van der Waals surface area (Å²) in [4.78, 5) is 15.7. The summed E-state index contributed by atoms with van der Waals surface area (Å²) in [6.07, 6.45) is 3.36. The van der Waals surface area contributed by atoms with Gasteiger partial charge in [0.15, 0.2) is 0 Å². The quantitative estimate of drug-likeness (QED) is 0.847. The van der Waals surface area contributed by atoms with Gasteiger partial charge in [0.25, 0.3) is 0 Å². The minimum atomic E-state index is 0.0796. The predicted octanol–water partition coefficient (Wildman–Crippen LogP) is 1.27. The van der Waals surface area contributed by atoms with Gasteiger partial charge in [-0.15, -0.1) is 16.4 Å². The van der Waals surface area contributed by atoms with E-state index in [1.165, 1.54) is 21.4 Å². The molecule has 1 aliphatic rings. The summed E-state index contributed by atoms with van der Waals surface area (Å²) in [5.41, 5.74) is 1.31. The molecule has 6 nitrogen and oxygen atoms in total. The van der Waals surface area contributed by atoms with Gasteiger partial charge in [-0.05, 0) is 40.3 Å². The number of aromatic nitrogens is 4. The van der Waals surface area contributed by atoms with Gasteiger partial charge in [-0.25, -0.2) is 4.68 Å². The van der Waals surface area contributed by atoms with Crippen molar-refractivity contribution in [1.29, 1.82) is 0 Å². The summed E-state index contributed by atoms with van der Waals surface area (Å²) < 4.78 is 1.47. The number of hydrogen-bond acceptors (Lipinski definition) is 5. The Morgan fingerprint density at radius 2 is 2.47 bits per heavy atom. The zero-order valence-electron chi connectivity index (χ0n) is 10.7. The Labute approximate surface area is 115 Å². The van der Waals surface area contributed by atoms with Crippen LogP contribution < -0.4 is 0 Å². The zero-order chi connectivity index (χ0) is 13.2. The van der Waals surface area contributed by atoms with Crippen LogP contribution in [0.5, 0.6) is 0 Å². The van der Waals surface area contributed by atoms with Crippen molar-refractivity contribution in [2.45, 2.75) is 32.4 Å². The van der Waals surface area contributed by atoms with Crippen LogP contribution in [0.15, 0.2) is 17.8 Å². The van der Waals surface area contributed by atoms with Crippen LogP contribution in [-0.4, -0.2) is 37.6 Å². The molecule has 0 N–H and O–H groups in total. The van der Waals surface area contributed by atoms with Gasteiger partial charge in [0.2, 0.25) is 5.91 Å². The molecule has 1 aliphatic heterocycles. The molecule has 0 saturated carbocycles. The van der Waals surface area contributed by atoms with Crippen molar-refractivity contribution in [1.82, 2.24) is 25.1 Å². The molecular weight excluding hydrogens is 262 g/mol. The third-order valence-corrected chi connectivity index (χ3v) is 4.49. The summed E-state index contributed by atoms with van der Waals surface area (Å²) >= 11 is 1.79. The van der Waals surface area contributed by atoms with E-state index in [4.69, 9.17) is 0 Å². The molecule has 19 heavy (non-hydrogen) atoms. The maximum atomic E-state index is 12.4. The highest BCUT2D eigenvalue weighted by Gasteiger charge is 2.30. The molecule has 0 spiro atoms. The van der Waals surface area contributed by atoms with Crippen LogP contribution in [0.25, 0.3) is 0 Å². The van der Waals surface area contributed by atoms with Crippen molar-refractivity contribution in [3.8, 4) is 0 Å². The SMILES string of the molecule is CCC1c2ccsc2CCN1C(=O)Cn1cnnn1. The Morgan fingerprint density at radius 3 is 3.21 bits per heavy atom. The average molecular weight is 277 g/mol. The summed E-state index contributed by atoms with van der Waals surface area (Å²) in [7, 11) is 0. The van der Waals surface area contributed by atoms with Crippen molar-refractivity contribution in [3.05, 3.63) is 28.2 Å². The van der Waals surface area contributed by atoms with Crippen LogP contribution in [0, 0.1) is 0 Å². The fourth-order valence-corrected chi connectivity index (χ4v) is 3.55. The molecule has 0 fully saturated rings. The first-order chi connectivity index (χ1) is 9.29. The number of carbonyl (C=O) groups excluding carboxylic acids is 1. The fraction of sp³-hybridized carbons (Fsp3) is 0.500. The second-order valence-electron chi connectivity index (χ2n) is 4.57. The van der Waals surface area contributed by atoms with Gasteiger partial charge in [0.1, 0.15) is 12.9 Å². The molecule has 7 heteroatoms. The van der Waals surface area contributed by atoms with Crippen LogP contribution in [-0.2, 0) is 17.8 Å². The largest absolute Gasteiger partial charge is 0.334 e. The third kappa shape index (κ3) is 2.25. The second-order valence-corrected chi connectivity index (χ2v) is 5.57. The van der Waals surface area contributed by atoms with Crippen LogP contribution in [0.2, 0.25) is 0 Å². The molecule has 2 aromatic heterocycles. The lowest BCUT2D eigenvalue weighted by Gasteiger charge is -2.35. The highest BCUT2D eigenvalue weighted by molar-refractivity contribution is 7.10. The summed E-state index contributed by atoms with van der Waals surface area (Å²) in [6.45, 7) is 3.12. The first-order valence-electron chi connectivity index (χ1n) is 6.36. The van der Waals surface area contributed by atoms with Crippen LogP contribution in [0.3, 0.4) is 0 Å². The fourth-order valence-electron chi connectivity index (χ4n) is 2.62. The van der Waals surface area contributed by atoms with Gasteiger partial charge in [-0.3, -0.25) is 4.79 Å². The minimum Gasteiger partial charge on any atom is -0.334 e. The number of carbonyl (C=O) groups is 1. The van der Waals surface area contributed by atoms with E-state index in [2.05, 4.69) is 33.9 Å². The molecule has 1 amide bonds. The van der Waals surface area contributed by atoms with E-state index in [1.807, 2.05) is 4.90 Å². The highest BCUT2D eigenvalue weighted by Crippen LogP contribution is 2.35. The topological polar surface area (TPSA) is 63.9 Å². The normalized spacial score (nSPS) is 18.4. The number of nitrogens with zero attached hydrogens (tertiary/aromatic N) is 5. The monoisotopic (exact) mass is 277 g/mol. The number of tetrazole rings is 1. The van der Waals surface area contributed by atoms with Crippen molar-refractivity contribution in [3.63, 3.8) is 0 Å². The van der Waals surface area contributed by atoms with E-state index >= 15 is 0 Å². The molecule has 0 saturated heterocycles. The molecule has 0 aromatic carbocycles. The highest BCUT2D eigenvalue weighted by atomic mass is 32.1. The third-order valence-electron chi connectivity index (χ3n) is 3.49. The molecule has 1 atom stereocenters. The Morgan fingerprint density at radius 1 is 1.58 bits per heavy atom. The van der Waals surface area contributed by atoms with Crippen molar-refractivity contribution < 1.29 is 4.79 Å². The minimum absolute atomic E-state index is 0.0796. The molecule has 2 aromatic rings. The summed E-state index contributed by atoms with van der Waals surface area (Å²) in [6, 6.07) is 2.34. The number of hydrogen-bond donors (Lipinski definition) is 0. The lowest BCUT2D eigenvalue weighted by atomic mass is 9.98. The lowest BCUT2D eigenvalue weighted by Crippen LogP contribution is -2.41. The summed E-state index contributed by atoms with van der Waals surface area (Å²) in [5.74, 6) is 0.0796. The van der Waals surface area contributed by atoms with E-state index < -0.39 is 0 Å². The molecule has 3 heterocycles. The molecule has 3 rings (SSSR count). The number of fused-ring (bicyclic) bond motifs is 1. The van der Waals surface area contributed by atoms with Crippen LogP contribution in [0.4, 0.5) is 0 Å². The Hall–Kier alpha value is -1.76. The zero-order valence-corrected chi connectivity index (χ0v) is 11.5. The van der Waals surface area contributed by atoms with E-state index in [1.54, 1.807) is 11.3 Å². The van der Waals surface area contributed by atoms with Gasteiger partial charge < -0.3 is 4.90 Å². The Bertz CT molecular complexity index is 564. The number of rotatable bonds is 3. The molecule has 0 bridgehead atoms. The van der Waals surface area contributed by atoms with Gasteiger partial charge in [0, 0.05) is 11.4 Å². The van der Waals surface area contributed by atoms with E-state index in [9.17, 15) is 4.79 Å². The van der Waals surface area contributed by atoms with E-state index in [0.29, 0.717) is 0 Å². The average Bonchev–Trinajstić information content (AvgIpc) is 3.07. The second kappa shape index (κ2) is 5.08. The predicted molar refractivity (Wildman–Crippen MR) is 70.6 cm³/mol. The summed E-state index contributed by atoms with van der Waals surface area (Å²) in [5, 5.41) is 13.0. The molecule has 0 radical (unpaired) electrons. The van der Waals surface area contributed by atoms with E-state index in [-0.39, 0.29) is 18.5 Å². The standard InChI is InChI=1S/C12H15N5OS/c1-2-10-9-4-6-19-11(9)3-5-17(10)12(18)7-16-8-13-14-15-16/h4,6,8,10H,2-3,5,7H2,1H3. The van der Waals surface area contributed by atoms with Crippen molar-refractivity contribution in [2.24, 2.45) is 0 Å². The lowest BCUT2D eigenvalue weighted by molar-refractivity contribution is -0.135. The number of thiophene rings is 1. The van der Waals surface area contributed by atoms with Gasteiger partial charge in [0.05, 0.1) is 6.04 Å². The smallest absolute Gasteiger partial charge is 0.244 e.